The van der Waals surface area contributed by atoms with Gasteiger partial charge in [-0.25, -0.2) is 0 Å². The van der Waals surface area contributed by atoms with Gasteiger partial charge in [-0.3, -0.25) is 9.59 Å². The highest BCUT2D eigenvalue weighted by atomic mass is 35.5. The number of fused-ring (bicyclic) bond motifs is 1. The molecule has 1 aliphatic heterocycles. The number of amides is 2. The summed E-state index contributed by atoms with van der Waals surface area (Å²) in [5.41, 5.74) is 3.02. The predicted molar refractivity (Wildman–Crippen MR) is 130 cm³/mol. The maximum Gasteiger partial charge on any atom is 0.262 e. The third-order valence-corrected chi connectivity index (χ3v) is 8.96. The first-order chi connectivity index (χ1) is 15.9. The Hall–Kier alpha value is -1.96. The lowest BCUT2D eigenvalue weighted by Crippen LogP contribution is -2.40. The topological polar surface area (TPSA) is 87.6 Å². The van der Waals surface area contributed by atoms with E-state index in [4.69, 9.17) is 23.2 Å². The number of hydrogen-bond donors (Lipinski definition) is 2. The highest BCUT2D eigenvalue weighted by molar-refractivity contribution is 7.14. The average molecular weight is 506 g/mol. The zero-order chi connectivity index (χ0) is 23.2. The highest BCUT2D eigenvalue weighted by Crippen LogP contribution is 2.56. The van der Waals surface area contributed by atoms with Crippen LogP contribution in [0.25, 0.3) is 0 Å². The average Bonchev–Trinajstić information content (AvgIpc) is 3.32. The van der Waals surface area contributed by atoms with Crippen molar-refractivity contribution in [1.29, 1.82) is 0 Å². The Labute approximate surface area is 206 Å². The number of benzene rings is 1. The zero-order valence-electron chi connectivity index (χ0n) is 18.1. The highest BCUT2D eigenvalue weighted by Gasteiger charge is 2.47. The summed E-state index contributed by atoms with van der Waals surface area (Å²) in [6.07, 6.45) is 6.77. The number of rotatable bonds is 7. The Morgan fingerprint density at radius 1 is 1.18 bits per heavy atom. The monoisotopic (exact) mass is 505 g/mol. The second-order valence-electron chi connectivity index (χ2n) is 9.33. The molecule has 0 radical (unpaired) electrons. The molecule has 2 N–H and O–H groups in total. The van der Waals surface area contributed by atoms with Gasteiger partial charge in [0, 0.05) is 21.5 Å². The minimum absolute atomic E-state index is 0.141. The molecule has 0 bridgehead atoms. The largest absolute Gasteiger partial charge is 0.354 e. The summed E-state index contributed by atoms with van der Waals surface area (Å²) in [5, 5.41) is 10.4. The number of nitrogens with one attached hydrogen (secondary N) is 2. The van der Waals surface area contributed by atoms with Gasteiger partial charge in [-0.05, 0) is 91.7 Å². The molecule has 1 saturated heterocycles. The van der Waals surface area contributed by atoms with Gasteiger partial charge in [0.15, 0.2) is 0 Å². The van der Waals surface area contributed by atoms with E-state index in [9.17, 15) is 14.5 Å². The summed E-state index contributed by atoms with van der Waals surface area (Å²) in [6, 6.07) is 4.54. The standard InChI is InChI=1S/C24H25Cl2N3O3S/c25-14-9-13(10-15(26)11-14)24(6-7-24)12-19(29-32)20-16-3-1-2-4-17(16)21(33-20)23(31)28-18-5-8-27-22(18)30/h9-11,18-19H,1-8,12H2,(H,27,30)(H,28,31). The lowest BCUT2D eigenvalue weighted by atomic mass is 9.85. The summed E-state index contributed by atoms with van der Waals surface area (Å²) in [4.78, 5) is 38.7. The minimum Gasteiger partial charge on any atom is -0.354 e. The molecule has 2 amide bonds. The molecular formula is C24H25Cl2N3O3S. The number of nitrogens with zero attached hydrogens (tertiary/aromatic N) is 1. The molecule has 5 rings (SSSR count). The van der Waals surface area contributed by atoms with E-state index < -0.39 is 12.1 Å². The summed E-state index contributed by atoms with van der Waals surface area (Å²) in [7, 11) is 0. The van der Waals surface area contributed by atoms with Crippen LogP contribution in [0, 0.1) is 4.91 Å². The quantitative estimate of drug-likeness (QED) is 0.488. The maximum atomic E-state index is 13.1. The summed E-state index contributed by atoms with van der Waals surface area (Å²) in [6.45, 7) is 0.574. The number of thiophene rings is 1. The van der Waals surface area contributed by atoms with Gasteiger partial charge in [0.1, 0.15) is 12.1 Å². The van der Waals surface area contributed by atoms with Crippen molar-refractivity contribution >= 4 is 46.4 Å². The van der Waals surface area contributed by atoms with Crippen molar-refractivity contribution in [3.05, 3.63) is 59.6 Å². The van der Waals surface area contributed by atoms with Gasteiger partial charge >= 0.3 is 0 Å². The van der Waals surface area contributed by atoms with Crippen LogP contribution in [0.15, 0.2) is 23.4 Å². The van der Waals surface area contributed by atoms with Gasteiger partial charge in [0.25, 0.3) is 5.91 Å². The SMILES string of the molecule is O=NC(CC1(c2cc(Cl)cc(Cl)c2)CC1)c1sc(C(=O)NC2CCNC2=O)c2c1CCCC2. The van der Waals surface area contributed by atoms with E-state index in [1.165, 1.54) is 11.3 Å². The lowest BCUT2D eigenvalue weighted by molar-refractivity contribution is -0.120. The molecule has 3 aliphatic rings. The van der Waals surface area contributed by atoms with E-state index in [1.807, 2.05) is 12.1 Å². The molecule has 2 heterocycles. The Balaban J connectivity index is 1.44. The van der Waals surface area contributed by atoms with Gasteiger partial charge in [-0.15, -0.1) is 11.3 Å². The summed E-state index contributed by atoms with van der Waals surface area (Å²) < 4.78 is 0. The molecule has 1 aromatic heterocycles. The smallest absolute Gasteiger partial charge is 0.262 e. The van der Waals surface area contributed by atoms with Crippen molar-refractivity contribution in [3.63, 3.8) is 0 Å². The molecule has 1 aromatic carbocycles. The Kier molecular flexibility index (Phi) is 6.23. The fourth-order valence-corrected chi connectivity index (χ4v) is 7.10. The van der Waals surface area contributed by atoms with Crippen LogP contribution in [0.3, 0.4) is 0 Å². The number of hydrogen-bond acceptors (Lipinski definition) is 5. The molecule has 2 aromatic rings. The van der Waals surface area contributed by atoms with Gasteiger partial charge in [-0.1, -0.05) is 28.4 Å². The van der Waals surface area contributed by atoms with E-state index in [0.717, 1.165) is 60.1 Å². The van der Waals surface area contributed by atoms with E-state index in [2.05, 4.69) is 15.8 Å². The molecular weight excluding hydrogens is 481 g/mol. The first-order valence-corrected chi connectivity index (χ1v) is 13.0. The van der Waals surface area contributed by atoms with Crippen LogP contribution in [0.1, 0.15) is 75.8 Å². The van der Waals surface area contributed by atoms with Crippen LogP contribution >= 0.6 is 34.5 Å². The molecule has 174 valence electrons. The van der Waals surface area contributed by atoms with Crippen LogP contribution in [0.2, 0.25) is 10.0 Å². The van der Waals surface area contributed by atoms with Gasteiger partial charge < -0.3 is 10.6 Å². The van der Waals surface area contributed by atoms with E-state index >= 15 is 0 Å². The third kappa shape index (κ3) is 4.43. The molecule has 1 saturated carbocycles. The van der Waals surface area contributed by atoms with Crippen LogP contribution in [-0.4, -0.2) is 24.4 Å². The fraction of sp³-hybridized carbons (Fsp3) is 0.500. The number of carbonyl (C=O) groups is 2. The van der Waals surface area contributed by atoms with Crippen molar-refractivity contribution in [2.75, 3.05) is 6.54 Å². The number of nitroso groups, excluding NO2 is 1. The number of carbonyl (C=O) groups excluding carboxylic acids is 2. The van der Waals surface area contributed by atoms with Gasteiger partial charge in [0.05, 0.1) is 4.88 Å². The second kappa shape index (κ2) is 9.01. The van der Waals surface area contributed by atoms with E-state index in [-0.39, 0.29) is 17.2 Å². The van der Waals surface area contributed by atoms with Crippen LogP contribution in [-0.2, 0) is 23.1 Å². The Morgan fingerprint density at radius 2 is 1.88 bits per heavy atom. The molecule has 2 aliphatic carbocycles. The fourth-order valence-electron chi connectivity index (χ4n) is 5.24. The normalized spacial score (nSPS) is 21.8. The molecule has 33 heavy (non-hydrogen) atoms. The van der Waals surface area contributed by atoms with Crippen molar-refractivity contribution < 1.29 is 9.59 Å². The van der Waals surface area contributed by atoms with Crippen LogP contribution in [0.5, 0.6) is 0 Å². The molecule has 9 heteroatoms. The third-order valence-electron chi connectivity index (χ3n) is 7.15. The maximum absolute atomic E-state index is 13.1. The van der Waals surface area contributed by atoms with Crippen molar-refractivity contribution in [1.82, 2.24) is 10.6 Å². The molecule has 0 spiro atoms. The zero-order valence-corrected chi connectivity index (χ0v) is 20.4. The minimum atomic E-state index is -0.529. The molecule has 2 atom stereocenters. The van der Waals surface area contributed by atoms with Crippen molar-refractivity contribution in [2.45, 2.75) is 68.9 Å². The molecule has 2 fully saturated rings. The summed E-state index contributed by atoms with van der Waals surface area (Å²) in [5.74, 6) is -0.365. The lowest BCUT2D eigenvalue weighted by Gasteiger charge is -2.21. The first kappa shape index (κ1) is 22.8. The van der Waals surface area contributed by atoms with Crippen molar-refractivity contribution in [2.24, 2.45) is 5.18 Å². The second-order valence-corrected chi connectivity index (χ2v) is 11.3. The van der Waals surface area contributed by atoms with Gasteiger partial charge in [0.2, 0.25) is 5.91 Å². The van der Waals surface area contributed by atoms with E-state index in [1.54, 1.807) is 6.07 Å². The molecule has 2 unspecified atom stereocenters. The Morgan fingerprint density at radius 3 is 2.48 bits per heavy atom. The van der Waals surface area contributed by atoms with Crippen LogP contribution in [0.4, 0.5) is 0 Å². The predicted octanol–water partition coefficient (Wildman–Crippen LogP) is 5.48. The van der Waals surface area contributed by atoms with E-state index in [0.29, 0.717) is 34.3 Å². The van der Waals surface area contributed by atoms with Crippen LogP contribution < -0.4 is 10.6 Å². The van der Waals surface area contributed by atoms with Crippen molar-refractivity contribution in [3.8, 4) is 0 Å². The molecule has 6 nitrogen and oxygen atoms in total. The first-order valence-electron chi connectivity index (χ1n) is 11.4. The summed E-state index contributed by atoms with van der Waals surface area (Å²) >= 11 is 13.9. The van der Waals surface area contributed by atoms with Gasteiger partial charge in [-0.2, -0.15) is 4.91 Å². The Bertz CT molecular complexity index is 1110. The number of halogens is 2.